The largest absolute Gasteiger partial charge is 0.474 e. The molecule has 3 aliphatic rings. The van der Waals surface area contributed by atoms with Crippen LogP contribution in [-0.2, 0) is 13.0 Å². The summed E-state index contributed by atoms with van der Waals surface area (Å²) < 4.78 is 5.69. The van der Waals surface area contributed by atoms with Crippen LogP contribution in [0.25, 0.3) is 0 Å². The Balaban J connectivity index is 0.000000937. The summed E-state index contributed by atoms with van der Waals surface area (Å²) in [5.41, 5.74) is 7.51. The van der Waals surface area contributed by atoms with E-state index >= 15 is 0 Å². The van der Waals surface area contributed by atoms with E-state index in [9.17, 15) is 4.79 Å². The predicted octanol–water partition coefficient (Wildman–Crippen LogP) is 3.97. The van der Waals surface area contributed by atoms with Crippen molar-refractivity contribution in [1.29, 1.82) is 0 Å². The zero-order chi connectivity index (χ0) is 26.5. The van der Waals surface area contributed by atoms with Crippen LogP contribution in [0.5, 0.6) is 5.88 Å². The Morgan fingerprint density at radius 3 is 2.55 bits per heavy atom. The average Bonchev–Trinajstić information content (AvgIpc) is 3.49. The first-order valence-electron chi connectivity index (χ1n) is 13.4. The van der Waals surface area contributed by atoms with Gasteiger partial charge in [-0.2, -0.15) is 0 Å². The highest BCUT2D eigenvalue weighted by atomic mass is 16.5. The molecule has 1 fully saturated rings. The molecule has 1 amide bonds. The van der Waals surface area contributed by atoms with Crippen molar-refractivity contribution in [2.24, 2.45) is 0 Å². The maximum absolute atomic E-state index is 12.6. The van der Waals surface area contributed by atoms with Crippen LogP contribution in [0.1, 0.15) is 39.9 Å². The Kier molecular flexibility index (Phi) is 7.93. The Hall–Kier alpha value is -3.85. The van der Waals surface area contributed by atoms with Crippen LogP contribution < -0.4 is 25.6 Å². The number of hydrogen-bond acceptors (Lipinski definition) is 8. The maximum atomic E-state index is 12.6. The molecule has 0 aliphatic carbocycles. The molecule has 1 aromatic carbocycles. The van der Waals surface area contributed by atoms with E-state index in [1.54, 1.807) is 0 Å². The molecule has 3 aliphatic heterocycles. The lowest BCUT2D eigenvalue weighted by Gasteiger charge is -2.33. The lowest BCUT2D eigenvalue weighted by Crippen LogP contribution is -2.32. The van der Waals surface area contributed by atoms with E-state index in [-0.39, 0.29) is 5.91 Å². The molecule has 9 heteroatoms. The normalized spacial score (nSPS) is 15.9. The Morgan fingerprint density at radius 2 is 1.79 bits per heavy atom. The molecule has 6 rings (SSSR count). The molecule has 0 radical (unpaired) electrons. The standard InChI is InChI=1S/C27H30N6O2.C2H7N/c1-18-23(16-30-26-25(18)28-9-13-35-26)33-12-8-20-15-29-24(14-21(20)17-33)31-22-6-4-19(5-7-22)27(34)32-10-2-3-11-32;1-3-2/h4-7,14-16,28H,2-3,8-13,17H2,1H3,(H,29,31);3H,1-2H3. The number of carbonyl (C=O) groups is 1. The van der Waals surface area contributed by atoms with Gasteiger partial charge in [0.1, 0.15) is 18.1 Å². The van der Waals surface area contributed by atoms with Gasteiger partial charge >= 0.3 is 0 Å². The Bertz CT molecular complexity index is 1270. The van der Waals surface area contributed by atoms with E-state index in [0.29, 0.717) is 12.5 Å². The first-order chi connectivity index (χ1) is 18.6. The number of aromatic nitrogens is 2. The van der Waals surface area contributed by atoms with Crippen molar-refractivity contribution in [3.05, 3.63) is 65.0 Å². The maximum Gasteiger partial charge on any atom is 0.253 e. The van der Waals surface area contributed by atoms with Gasteiger partial charge in [0.2, 0.25) is 5.88 Å². The van der Waals surface area contributed by atoms with Crippen LogP contribution in [0.15, 0.2) is 42.7 Å². The number of carbonyl (C=O) groups excluding carboxylic acids is 1. The Morgan fingerprint density at radius 1 is 1.03 bits per heavy atom. The molecule has 9 nitrogen and oxygen atoms in total. The number of nitrogens with zero attached hydrogens (tertiary/aromatic N) is 4. The summed E-state index contributed by atoms with van der Waals surface area (Å²) in [6, 6.07) is 9.83. The highest BCUT2D eigenvalue weighted by Crippen LogP contribution is 2.36. The van der Waals surface area contributed by atoms with Crippen LogP contribution in [-0.4, -0.2) is 67.7 Å². The third-order valence-electron chi connectivity index (χ3n) is 7.15. The second kappa shape index (κ2) is 11.7. The van der Waals surface area contributed by atoms with Crippen LogP contribution >= 0.6 is 0 Å². The third kappa shape index (κ3) is 5.52. The minimum Gasteiger partial charge on any atom is -0.474 e. The number of pyridine rings is 2. The SMILES string of the molecule is CNC.Cc1c(N2CCc3cnc(Nc4ccc(C(=O)N5CCCC5)cc4)cc3C2)cnc2c1NCCO2. The van der Waals surface area contributed by atoms with E-state index in [1.807, 2.05) is 55.7 Å². The van der Waals surface area contributed by atoms with Gasteiger partial charge in [-0.25, -0.2) is 9.97 Å². The average molecular weight is 516 g/mol. The quantitative estimate of drug-likeness (QED) is 0.481. The first-order valence-corrected chi connectivity index (χ1v) is 13.4. The zero-order valence-electron chi connectivity index (χ0n) is 22.5. The molecule has 2 aromatic heterocycles. The van der Waals surface area contributed by atoms with Gasteiger partial charge in [0.15, 0.2) is 0 Å². The number of fused-ring (bicyclic) bond motifs is 2. The summed E-state index contributed by atoms with van der Waals surface area (Å²) in [5, 5.41) is 9.59. The van der Waals surface area contributed by atoms with E-state index in [1.165, 1.54) is 16.7 Å². The van der Waals surface area contributed by atoms with E-state index < -0.39 is 0 Å². The molecule has 5 heterocycles. The van der Waals surface area contributed by atoms with Crippen molar-refractivity contribution in [3.8, 4) is 5.88 Å². The molecular weight excluding hydrogens is 478 g/mol. The monoisotopic (exact) mass is 515 g/mol. The predicted molar refractivity (Wildman–Crippen MR) is 152 cm³/mol. The smallest absolute Gasteiger partial charge is 0.253 e. The number of benzene rings is 1. The van der Waals surface area contributed by atoms with E-state index in [0.717, 1.165) is 80.4 Å². The van der Waals surface area contributed by atoms with Gasteiger partial charge in [-0.15, -0.1) is 0 Å². The summed E-state index contributed by atoms with van der Waals surface area (Å²) in [4.78, 5) is 26.1. The van der Waals surface area contributed by atoms with E-state index in [4.69, 9.17) is 4.74 Å². The van der Waals surface area contributed by atoms with Gasteiger partial charge < -0.3 is 30.5 Å². The molecule has 0 spiro atoms. The van der Waals surface area contributed by atoms with Gasteiger partial charge in [0.05, 0.1) is 11.9 Å². The van der Waals surface area contributed by atoms with Gasteiger partial charge in [0, 0.05) is 55.7 Å². The van der Waals surface area contributed by atoms with Crippen molar-refractivity contribution in [1.82, 2.24) is 20.2 Å². The fourth-order valence-corrected chi connectivity index (χ4v) is 5.19. The third-order valence-corrected chi connectivity index (χ3v) is 7.15. The lowest BCUT2D eigenvalue weighted by molar-refractivity contribution is 0.0793. The first kappa shape index (κ1) is 25.8. The fraction of sp³-hybridized carbons (Fsp3) is 0.414. The van der Waals surface area contributed by atoms with Crippen LogP contribution in [0, 0.1) is 6.92 Å². The number of likely N-dealkylation sites (tertiary alicyclic amines) is 1. The second-order valence-corrected chi connectivity index (χ2v) is 9.94. The number of hydrogen-bond donors (Lipinski definition) is 3. The number of amides is 1. The molecule has 3 N–H and O–H groups in total. The summed E-state index contributed by atoms with van der Waals surface area (Å²) in [7, 11) is 3.75. The van der Waals surface area contributed by atoms with Gasteiger partial charge in [-0.05, 0) is 81.7 Å². The molecule has 3 aromatic rings. The molecule has 0 bridgehead atoms. The van der Waals surface area contributed by atoms with Crippen LogP contribution in [0.4, 0.5) is 22.9 Å². The zero-order valence-corrected chi connectivity index (χ0v) is 22.5. The van der Waals surface area contributed by atoms with Crippen molar-refractivity contribution in [2.45, 2.75) is 32.7 Å². The summed E-state index contributed by atoms with van der Waals surface area (Å²) in [6.07, 6.45) is 7.04. The van der Waals surface area contributed by atoms with Crippen molar-refractivity contribution in [3.63, 3.8) is 0 Å². The van der Waals surface area contributed by atoms with Gasteiger partial charge in [0.25, 0.3) is 5.91 Å². The summed E-state index contributed by atoms with van der Waals surface area (Å²) in [5.74, 6) is 1.62. The topological polar surface area (TPSA) is 94.7 Å². The number of anilines is 4. The highest BCUT2D eigenvalue weighted by Gasteiger charge is 2.23. The minimum atomic E-state index is 0.120. The highest BCUT2D eigenvalue weighted by molar-refractivity contribution is 5.94. The number of rotatable bonds is 4. The van der Waals surface area contributed by atoms with E-state index in [2.05, 4.69) is 43.8 Å². The molecule has 0 unspecified atom stereocenters. The van der Waals surface area contributed by atoms with Crippen LogP contribution in [0.2, 0.25) is 0 Å². The van der Waals surface area contributed by atoms with Crippen molar-refractivity contribution in [2.75, 3.05) is 62.4 Å². The second-order valence-electron chi connectivity index (χ2n) is 9.94. The molecule has 0 saturated carbocycles. The van der Waals surface area contributed by atoms with Crippen molar-refractivity contribution < 1.29 is 9.53 Å². The Labute approximate surface area is 224 Å². The number of nitrogens with one attached hydrogen (secondary N) is 3. The van der Waals surface area contributed by atoms with Crippen LogP contribution in [0.3, 0.4) is 0 Å². The molecular formula is C29H37N7O2. The summed E-state index contributed by atoms with van der Waals surface area (Å²) >= 11 is 0. The fourth-order valence-electron chi connectivity index (χ4n) is 5.19. The summed E-state index contributed by atoms with van der Waals surface area (Å²) in [6.45, 7) is 7.03. The molecule has 38 heavy (non-hydrogen) atoms. The molecule has 1 saturated heterocycles. The molecule has 0 atom stereocenters. The lowest BCUT2D eigenvalue weighted by atomic mass is 10.0. The molecule has 200 valence electrons. The van der Waals surface area contributed by atoms with Gasteiger partial charge in [-0.1, -0.05) is 0 Å². The number of ether oxygens (including phenoxy) is 1. The van der Waals surface area contributed by atoms with Crippen molar-refractivity contribution >= 4 is 28.8 Å². The van der Waals surface area contributed by atoms with Gasteiger partial charge in [-0.3, -0.25) is 4.79 Å². The minimum absolute atomic E-state index is 0.120.